The molecule has 0 unspecified atom stereocenters. The Morgan fingerprint density at radius 1 is 1.38 bits per heavy atom. The minimum absolute atomic E-state index is 0.989. The molecule has 0 heterocycles. The van der Waals surface area contributed by atoms with Crippen LogP contribution in [0.25, 0.3) is 0 Å². The summed E-state index contributed by atoms with van der Waals surface area (Å²) in [6.07, 6.45) is 5.48. The standard InChI is InChI=1S/C7H11N/c1-2-6(1)5-8-7-3-4-7/h6H,1-5H2. The molecule has 0 aromatic carbocycles. The average Bonchev–Trinajstić information content (AvgIpc) is 2.60. The Morgan fingerprint density at radius 2 is 2.12 bits per heavy atom. The van der Waals surface area contributed by atoms with E-state index in [0.29, 0.717) is 0 Å². The van der Waals surface area contributed by atoms with E-state index in [9.17, 15) is 0 Å². The van der Waals surface area contributed by atoms with Gasteiger partial charge in [-0.1, -0.05) is 0 Å². The van der Waals surface area contributed by atoms with E-state index < -0.39 is 0 Å². The molecule has 0 aromatic heterocycles. The molecule has 2 fully saturated rings. The van der Waals surface area contributed by atoms with Gasteiger partial charge in [-0.25, -0.2) is 0 Å². The summed E-state index contributed by atoms with van der Waals surface area (Å²) in [6.45, 7) is 1.15. The van der Waals surface area contributed by atoms with Crippen LogP contribution in [-0.4, -0.2) is 12.3 Å². The third-order valence-electron chi connectivity index (χ3n) is 1.74. The highest BCUT2D eigenvalue weighted by atomic mass is 14.8. The molecule has 0 saturated heterocycles. The van der Waals surface area contributed by atoms with Crippen LogP contribution >= 0.6 is 0 Å². The number of hydrogen-bond donors (Lipinski definition) is 0. The van der Waals surface area contributed by atoms with Crippen LogP contribution in [0.5, 0.6) is 0 Å². The second kappa shape index (κ2) is 1.57. The van der Waals surface area contributed by atoms with Crippen molar-refractivity contribution in [3.63, 3.8) is 0 Å². The molecule has 1 heteroatoms. The first-order valence-electron chi connectivity index (χ1n) is 3.47. The zero-order valence-corrected chi connectivity index (χ0v) is 5.06. The first kappa shape index (κ1) is 4.54. The molecule has 0 N–H and O–H groups in total. The number of hydrogen-bond acceptors (Lipinski definition) is 1. The summed E-state index contributed by atoms with van der Waals surface area (Å²) in [5, 5.41) is 0. The van der Waals surface area contributed by atoms with Gasteiger partial charge in [0.15, 0.2) is 0 Å². The van der Waals surface area contributed by atoms with E-state index in [0.717, 1.165) is 12.5 Å². The third-order valence-corrected chi connectivity index (χ3v) is 1.74. The molecule has 0 atom stereocenters. The Balaban J connectivity index is 1.75. The molecular formula is C7H11N. The van der Waals surface area contributed by atoms with Crippen molar-refractivity contribution in [1.29, 1.82) is 0 Å². The fourth-order valence-corrected chi connectivity index (χ4v) is 0.773. The summed E-state index contributed by atoms with van der Waals surface area (Å²) < 4.78 is 0. The molecule has 2 rings (SSSR count). The molecular weight excluding hydrogens is 98.1 g/mol. The van der Waals surface area contributed by atoms with E-state index in [1.54, 1.807) is 0 Å². The van der Waals surface area contributed by atoms with Gasteiger partial charge < -0.3 is 0 Å². The molecule has 0 radical (unpaired) electrons. The van der Waals surface area contributed by atoms with Gasteiger partial charge in [0.05, 0.1) is 0 Å². The van der Waals surface area contributed by atoms with Crippen LogP contribution in [0, 0.1) is 5.92 Å². The molecule has 0 amide bonds. The first-order valence-corrected chi connectivity index (χ1v) is 3.47. The van der Waals surface area contributed by atoms with Crippen LogP contribution in [0.3, 0.4) is 0 Å². The monoisotopic (exact) mass is 109 g/mol. The van der Waals surface area contributed by atoms with Gasteiger partial charge in [0, 0.05) is 12.3 Å². The van der Waals surface area contributed by atoms with Crippen LogP contribution in [0.2, 0.25) is 0 Å². The Labute approximate surface area is 49.8 Å². The van der Waals surface area contributed by atoms with Crippen molar-refractivity contribution in [2.75, 3.05) is 6.54 Å². The Morgan fingerprint density at radius 3 is 2.62 bits per heavy atom. The van der Waals surface area contributed by atoms with Gasteiger partial charge in [0.2, 0.25) is 0 Å². The molecule has 44 valence electrons. The molecule has 0 aromatic rings. The molecule has 2 saturated carbocycles. The number of aliphatic imine (C=N–C) groups is 1. The Kier molecular flexibility index (Phi) is 0.893. The lowest BCUT2D eigenvalue weighted by molar-refractivity contribution is 0.850. The zero-order chi connectivity index (χ0) is 5.40. The van der Waals surface area contributed by atoms with Crippen molar-refractivity contribution in [2.45, 2.75) is 25.7 Å². The van der Waals surface area contributed by atoms with Gasteiger partial charge in [-0.2, -0.15) is 0 Å². The van der Waals surface area contributed by atoms with Crippen molar-refractivity contribution in [3.05, 3.63) is 0 Å². The summed E-state index contributed by atoms with van der Waals surface area (Å²) in [6, 6.07) is 0. The van der Waals surface area contributed by atoms with Crippen LogP contribution < -0.4 is 0 Å². The second-order valence-electron chi connectivity index (χ2n) is 2.85. The third kappa shape index (κ3) is 1.09. The molecule has 1 nitrogen and oxygen atoms in total. The van der Waals surface area contributed by atoms with E-state index in [-0.39, 0.29) is 0 Å². The molecule has 0 spiro atoms. The average molecular weight is 109 g/mol. The first-order chi connectivity index (χ1) is 3.95. The van der Waals surface area contributed by atoms with Crippen molar-refractivity contribution < 1.29 is 0 Å². The summed E-state index contributed by atoms with van der Waals surface area (Å²) in [4.78, 5) is 4.41. The zero-order valence-electron chi connectivity index (χ0n) is 5.06. The Hall–Kier alpha value is -0.330. The predicted octanol–water partition coefficient (Wildman–Crippen LogP) is 1.63. The summed E-state index contributed by atoms with van der Waals surface area (Å²) in [7, 11) is 0. The largest absolute Gasteiger partial charge is 0.294 e. The van der Waals surface area contributed by atoms with E-state index >= 15 is 0 Å². The van der Waals surface area contributed by atoms with Crippen molar-refractivity contribution in [2.24, 2.45) is 10.9 Å². The van der Waals surface area contributed by atoms with Gasteiger partial charge in [0.25, 0.3) is 0 Å². The lowest BCUT2D eigenvalue weighted by atomic mass is 10.4. The van der Waals surface area contributed by atoms with Crippen molar-refractivity contribution >= 4 is 5.71 Å². The maximum absolute atomic E-state index is 4.41. The maximum atomic E-state index is 4.41. The quantitative estimate of drug-likeness (QED) is 0.511. The lowest BCUT2D eigenvalue weighted by Crippen LogP contribution is -1.80. The summed E-state index contributed by atoms with van der Waals surface area (Å²) in [5.74, 6) is 0.989. The van der Waals surface area contributed by atoms with Gasteiger partial charge in [-0.3, -0.25) is 4.99 Å². The Bertz CT molecular complexity index is 116. The van der Waals surface area contributed by atoms with Crippen molar-refractivity contribution in [3.8, 4) is 0 Å². The number of rotatable bonds is 2. The normalized spacial score (nSPS) is 25.8. The van der Waals surface area contributed by atoms with Gasteiger partial charge >= 0.3 is 0 Å². The van der Waals surface area contributed by atoms with E-state index in [1.165, 1.54) is 31.4 Å². The molecule has 0 aliphatic heterocycles. The topological polar surface area (TPSA) is 12.4 Å². The van der Waals surface area contributed by atoms with E-state index in [4.69, 9.17) is 0 Å². The second-order valence-corrected chi connectivity index (χ2v) is 2.85. The van der Waals surface area contributed by atoms with E-state index in [1.807, 2.05) is 0 Å². The van der Waals surface area contributed by atoms with E-state index in [2.05, 4.69) is 4.99 Å². The molecule has 2 aliphatic rings. The minimum Gasteiger partial charge on any atom is -0.294 e. The SMILES string of the molecule is C1CC1=NCC1CC1. The van der Waals surface area contributed by atoms with Gasteiger partial charge in [0.1, 0.15) is 0 Å². The lowest BCUT2D eigenvalue weighted by Gasteiger charge is -1.82. The molecule has 8 heavy (non-hydrogen) atoms. The highest BCUT2D eigenvalue weighted by molar-refractivity contribution is 5.97. The predicted molar refractivity (Wildman–Crippen MR) is 34.3 cm³/mol. The smallest absolute Gasteiger partial charge is 0.0416 e. The fourth-order valence-electron chi connectivity index (χ4n) is 0.773. The summed E-state index contributed by atoms with van der Waals surface area (Å²) in [5.41, 5.74) is 1.47. The molecule has 0 bridgehead atoms. The van der Waals surface area contributed by atoms with Gasteiger partial charge in [-0.15, -0.1) is 0 Å². The van der Waals surface area contributed by atoms with Crippen molar-refractivity contribution in [1.82, 2.24) is 0 Å². The molecule has 2 aliphatic carbocycles. The highest BCUT2D eigenvalue weighted by Crippen LogP contribution is 2.29. The van der Waals surface area contributed by atoms with Crippen LogP contribution in [0.4, 0.5) is 0 Å². The number of nitrogens with zero attached hydrogens (tertiary/aromatic N) is 1. The van der Waals surface area contributed by atoms with Crippen LogP contribution in [0.1, 0.15) is 25.7 Å². The summed E-state index contributed by atoms with van der Waals surface area (Å²) >= 11 is 0. The highest BCUT2D eigenvalue weighted by Gasteiger charge is 2.22. The maximum Gasteiger partial charge on any atom is 0.0416 e. The fraction of sp³-hybridized carbons (Fsp3) is 0.857. The van der Waals surface area contributed by atoms with Crippen LogP contribution in [-0.2, 0) is 0 Å². The van der Waals surface area contributed by atoms with Gasteiger partial charge in [-0.05, 0) is 31.6 Å². The van der Waals surface area contributed by atoms with Crippen LogP contribution in [0.15, 0.2) is 4.99 Å². The minimum atomic E-state index is 0.989.